The average Bonchev–Trinajstić information content (AvgIpc) is 3.07. The molecule has 0 radical (unpaired) electrons. The molecule has 46 heavy (non-hydrogen) atoms. The number of ether oxygens (including phenoxy) is 2. The number of aromatic amines is 1. The van der Waals surface area contributed by atoms with Gasteiger partial charge in [0, 0.05) is 36.7 Å². The van der Waals surface area contributed by atoms with Crippen molar-refractivity contribution in [3.8, 4) is 11.5 Å². The van der Waals surface area contributed by atoms with Crippen LogP contribution in [0.5, 0.6) is 11.5 Å². The van der Waals surface area contributed by atoms with Crippen LogP contribution in [0.3, 0.4) is 0 Å². The fraction of sp³-hybridized carbons (Fsp3) is 0.389. The van der Waals surface area contributed by atoms with E-state index in [-0.39, 0.29) is 17.4 Å². The number of H-pyrrole nitrogens is 1. The van der Waals surface area contributed by atoms with E-state index in [2.05, 4.69) is 15.2 Å². The lowest BCUT2D eigenvalue weighted by Gasteiger charge is -2.33. The van der Waals surface area contributed by atoms with Crippen molar-refractivity contribution in [2.45, 2.75) is 49.9 Å². The molecular formula is C36H43N3O7. The molecule has 2 atom stereocenters. The van der Waals surface area contributed by atoms with E-state index in [0.29, 0.717) is 53.0 Å². The van der Waals surface area contributed by atoms with E-state index in [1.165, 1.54) is 12.1 Å². The molecule has 1 aliphatic rings. The van der Waals surface area contributed by atoms with E-state index in [1.54, 1.807) is 54.6 Å². The standard InChI is InChI=1S/C36H43N3O7/c1-39-20-17-27(18-21-39)46-35(43)36(44,25-9-4-2-5-10-25)26-11-8-12-28(23-26)45-22-7-3-6-19-37-24-32(41)29-13-15-31(40)34-30(29)14-16-33(42)38-34/h2,4-5,8-16,23,27,32,37,40-41,44H,3,6-7,17-22,24H2,1H3,(H,38,42)/t32-,36?/m0/s1. The molecule has 10 nitrogen and oxygen atoms in total. The summed E-state index contributed by atoms with van der Waals surface area (Å²) >= 11 is 0. The number of nitrogens with one attached hydrogen (secondary N) is 2. The Hall–Kier alpha value is -4.22. The first-order chi connectivity index (χ1) is 22.3. The van der Waals surface area contributed by atoms with Crippen molar-refractivity contribution < 1.29 is 29.6 Å². The van der Waals surface area contributed by atoms with Gasteiger partial charge in [-0.3, -0.25) is 4.79 Å². The largest absolute Gasteiger partial charge is 0.506 e. The Kier molecular flexibility index (Phi) is 11.1. The number of hydrogen-bond donors (Lipinski definition) is 5. The summed E-state index contributed by atoms with van der Waals surface area (Å²) in [5, 5.41) is 36.6. The number of phenols is 1. The van der Waals surface area contributed by atoms with E-state index in [4.69, 9.17) is 9.47 Å². The lowest BCUT2D eigenvalue weighted by Crippen LogP contribution is -2.43. The first-order valence-electron chi connectivity index (χ1n) is 15.9. The summed E-state index contributed by atoms with van der Waals surface area (Å²) in [5.74, 6) is -0.165. The molecule has 0 bridgehead atoms. The molecule has 5 rings (SSSR count). The summed E-state index contributed by atoms with van der Waals surface area (Å²) in [7, 11) is 2.04. The van der Waals surface area contributed by atoms with Gasteiger partial charge in [-0.1, -0.05) is 48.5 Å². The molecule has 244 valence electrons. The third kappa shape index (κ3) is 7.94. The Bertz CT molecular complexity index is 1650. The number of carbonyl (C=O) groups excluding carboxylic acids is 1. The molecule has 0 saturated carbocycles. The number of fused-ring (bicyclic) bond motifs is 1. The van der Waals surface area contributed by atoms with Crippen LogP contribution < -0.4 is 15.6 Å². The van der Waals surface area contributed by atoms with Gasteiger partial charge in [0.05, 0.1) is 18.2 Å². The summed E-state index contributed by atoms with van der Waals surface area (Å²) in [4.78, 5) is 30.0. The molecule has 2 heterocycles. The molecule has 3 aromatic carbocycles. The van der Waals surface area contributed by atoms with Crippen molar-refractivity contribution in [1.82, 2.24) is 15.2 Å². The number of pyridine rings is 1. The second kappa shape index (κ2) is 15.4. The summed E-state index contributed by atoms with van der Waals surface area (Å²) in [6.07, 6.45) is 2.97. The maximum absolute atomic E-state index is 13.5. The Labute approximate surface area is 268 Å². The minimum atomic E-state index is -1.97. The number of hydrogen-bond acceptors (Lipinski definition) is 9. The SMILES string of the molecule is CN1CCC(OC(=O)C(O)(c2ccccc2)c2cccc(OCCCCCNC[C@H](O)c3ccc(O)c4[nH]c(=O)ccc34)c2)CC1. The summed E-state index contributed by atoms with van der Waals surface area (Å²) in [5.41, 5.74) is -0.514. The molecule has 1 unspecified atom stereocenters. The van der Waals surface area contributed by atoms with Crippen LogP contribution in [-0.4, -0.2) is 77.1 Å². The van der Waals surface area contributed by atoms with Gasteiger partial charge in [-0.15, -0.1) is 0 Å². The van der Waals surface area contributed by atoms with Crippen LogP contribution in [0.25, 0.3) is 10.9 Å². The minimum absolute atomic E-state index is 0.0389. The number of aliphatic hydroxyl groups is 2. The van der Waals surface area contributed by atoms with Gasteiger partial charge in [-0.05, 0) is 81.1 Å². The highest BCUT2D eigenvalue weighted by Crippen LogP contribution is 2.34. The van der Waals surface area contributed by atoms with E-state index in [0.717, 1.165) is 45.2 Å². The lowest BCUT2D eigenvalue weighted by molar-refractivity contribution is -0.169. The van der Waals surface area contributed by atoms with Crippen molar-refractivity contribution in [2.24, 2.45) is 0 Å². The predicted octanol–water partition coefficient (Wildman–Crippen LogP) is 3.98. The van der Waals surface area contributed by atoms with Gasteiger partial charge in [0.2, 0.25) is 11.2 Å². The zero-order valence-electron chi connectivity index (χ0n) is 26.2. The minimum Gasteiger partial charge on any atom is -0.506 e. The molecule has 1 aromatic heterocycles. The monoisotopic (exact) mass is 629 g/mol. The number of unbranched alkanes of at least 4 members (excludes halogenated alkanes) is 2. The maximum Gasteiger partial charge on any atom is 0.347 e. The number of likely N-dealkylation sites (tertiary alicyclic amines) is 1. The molecule has 1 saturated heterocycles. The summed E-state index contributed by atoms with van der Waals surface area (Å²) < 4.78 is 11.9. The number of nitrogens with zero attached hydrogens (tertiary/aromatic N) is 1. The van der Waals surface area contributed by atoms with E-state index < -0.39 is 17.7 Å². The van der Waals surface area contributed by atoms with Crippen LogP contribution in [0, 0.1) is 0 Å². The molecule has 10 heteroatoms. The summed E-state index contributed by atoms with van der Waals surface area (Å²) in [6.45, 7) is 3.16. The third-order valence-corrected chi connectivity index (χ3v) is 8.55. The van der Waals surface area contributed by atoms with Crippen LogP contribution in [0.4, 0.5) is 0 Å². The van der Waals surface area contributed by atoms with Crippen molar-refractivity contribution in [3.63, 3.8) is 0 Å². The van der Waals surface area contributed by atoms with Gasteiger partial charge >= 0.3 is 5.97 Å². The number of aromatic hydroxyl groups is 1. The van der Waals surface area contributed by atoms with E-state index in [1.807, 2.05) is 19.2 Å². The number of carbonyl (C=O) groups is 1. The predicted molar refractivity (Wildman–Crippen MR) is 176 cm³/mol. The van der Waals surface area contributed by atoms with Gasteiger partial charge in [0.15, 0.2) is 0 Å². The van der Waals surface area contributed by atoms with Gasteiger partial charge in [-0.25, -0.2) is 4.79 Å². The van der Waals surface area contributed by atoms with Crippen molar-refractivity contribution in [1.29, 1.82) is 0 Å². The number of aromatic nitrogens is 1. The van der Waals surface area contributed by atoms with Crippen LogP contribution in [0.1, 0.15) is 54.9 Å². The van der Waals surface area contributed by atoms with Crippen molar-refractivity contribution in [3.05, 3.63) is 106 Å². The Balaban J connectivity index is 1.10. The number of phenolic OH excluding ortho intramolecular Hbond substituents is 1. The molecule has 1 fully saturated rings. The highest BCUT2D eigenvalue weighted by molar-refractivity contribution is 5.87. The first-order valence-corrected chi connectivity index (χ1v) is 15.9. The molecule has 0 aliphatic carbocycles. The molecular weight excluding hydrogens is 586 g/mol. The van der Waals surface area contributed by atoms with Crippen LogP contribution in [-0.2, 0) is 15.1 Å². The zero-order chi connectivity index (χ0) is 32.5. The fourth-order valence-electron chi connectivity index (χ4n) is 5.85. The fourth-order valence-corrected chi connectivity index (χ4v) is 5.85. The van der Waals surface area contributed by atoms with Crippen molar-refractivity contribution >= 4 is 16.9 Å². The van der Waals surface area contributed by atoms with E-state index in [9.17, 15) is 24.9 Å². The molecule has 1 aliphatic heterocycles. The number of esters is 1. The molecule has 0 amide bonds. The quantitative estimate of drug-likeness (QED) is 0.103. The smallest absolute Gasteiger partial charge is 0.347 e. The second-order valence-electron chi connectivity index (χ2n) is 11.9. The number of piperidine rings is 1. The maximum atomic E-state index is 13.5. The third-order valence-electron chi connectivity index (χ3n) is 8.55. The lowest BCUT2D eigenvalue weighted by atomic mass is 9.86. The molecule has 5 N–H and O–H groups in total. The average molecular weight is 630 g/mol. The van der Waals surface area contributed by atoms with Crippen LogP contribution in [0.15, 0.2) is 83.7 Å². The van der Waals surface area contributed by atoms with Crippen LogP contribution in [0.2, 0.25) is 0 Å². The Morgan fingerprint density at radius 1 is 1.00 bits per heavy atom. The second-order valence-corrected chi connectivity index (χ2v) is 11.9. The number of benzene rings is 3. The van der Waals surface area contributed by atoms with E-state index >= 15 is 0 Å². The Morgan fingerprint density at radius 2 is 1.76 bits per heavy atom. The van der Waals surface area contributed by atoms with Crippen molar-refractivity contribution in [2.75, 3.05) is 39.8 Å². The van der Waals surface area contributed by atoms with Crippen LogP contribution >= 0.6 is 0 Å². The highest BCUT2D eigenvalue weighted by atomic mass is 16.6. The van der Waals surface area contributed by atoms with Gasteiger partial charge < -0.3 is 40.0 Å². The molecule has 4 aromatic rings. The topological polar surface area (TPSA) is 144 Å². The normalized spacial score (nSPS) is 16.2. The van der Waals surface area contributed by atoms with Gasteiger partial charge in [0.25, 0.3) is 0 Å². The zero-order valence-corrected chi connectivity index (χ0v) is 26.2. The number of rotatable bonds is 14. The summed E-state index contributed by atoms with van der Waals surface area (Å²) in [6, 6.07) is 22.0. The molecule has 0 spiro atoms. The number of aliphatic hydroxyl groups excluding tert-OH is 1. The Morgan fingerprint density at radius 3 is 2.54 bits per heavy atom. The van der Waals surface area contributed by atoms with Gasteiger partial charge in [-0.2, -0.15) is 0 Å². The highest BCUT2D eigenvalue weighted by Gasteiger charge is 2.43. The first kappa shape index (κ1) is 33.2. The van der Waals surface area contributed by atoms with Gasteiger partial charge in [0.1, 0.15) is 17.6 Å².